The maximum absolute atomic E-state index is 10.5. The van der Waals surface area contributed by atoms with Gasteiger partial charge in [0.15, 0.2) is 0 Å². The van der Waals surface area contributed by atoms with Crippen LogP contribution in [0.4, 0.5) is 0 Å². The lowest BCUT2D eigenvalue weighted by molar-refractivity contribution is -0.141. The minimum atomic E-state index is -0.969. The first kappa shape index (κ1) is 21.5. The van der Waals surface area contributed by atoms with E-state index in [9.17, 15) is 15.0 Å². The van der Waals surface area contributed by atoms with Crippen LogP contribution in [-0.2, 0) is 9.53 Å². The molecular formula is C22H30O5. The Labute approximate surface area is 161 Å². The van der Waals surface area contributed by atoms with Crippen molar-refractivity contribution in [1.29, 1.82) is 0 Å². The highest BCUT2D eigenvalue weighted by Crippen LogP contribution is 2.49. The highest BCUT2D eigenvalue weighted by atomic mass is 16.5. The average Bonchev–Trinajstić information content (AvgIpc) is 3.13. The smallest absolute Gasteiger partial charge is 0.329 e. The zero-order valence-corrected chi connectivity index (χ0v) is 16.1. The molecule has 2 fully saturated rings. The molecule has 6 unspecified atom stereocenters. The van der Waals surface area contributed by atoms with E-state index in [1.807, 2.05) is 19.9 Å². The summed E-state index contributed by atoms with van der Waals surface area (Å²) in [6, 6.07) is 0. The Hall–Kier alpha value is -1.79. The van der Waals surface area contributed by atoms with Crippen LogP contribution in [0.2, 0.25) is 0 Å². The zero-order chi connectivity index (χ0) is 19.8. The number of carbonyl (C=O) groups is 1. The Morgan fingerprint density at radius 3 is 2.85 bits per heavy atom. The van der Waals surface area contributed by atoms with Crippen LogP contribution in [0.3, 0.4) is 0 Å². The molecule has 3 N–H and O–H groups in total. The number of ether oxygens (including phenoxy) is 1. The maximum Gasteiger partial charge on any atom is 0.329 e. The van der Waals surface area contributed by atoms with E-state index < -0.39 is 18.2 Å². The van der Waals surface area contributed by atoms with E-state index in [0.717, 1.165) is 25.7 Å². The Morgan fingerprint density at radius 2 is 2.15 bits per heavy atom. The molecule has 5 nitrogen and oxygen atoms in total. The number of allylic oxidation sites excluding steroid dienone is 1. The van der Waals surface area contributed by atoms with Gasteiger partial charge in [-0.15, -0.1) is 11.8 Å². The standard InChI is InChI=1S/C22H30O5/c1-3-4-5-6-15(2)20(23)8-7-18-19-12-16(9-10-27-14-22(25)26)11-17(19)13-21(18)24/h9,15,17-21,23-24H,3,6,10-14H2,1-2H3,(H,25,26)/b16-9-. The normalized spacial score (nSPS) is 30.0. The summed E-state index contributed by atoms with van der Waals surface area (Å²) in [5, 5.41) is 29.2. The molecule has 0 aromatic carbocycles. The zero-order valence-electron chi connectivity index (χ0n) is 16.1. The molecule has 0 aromatic rings. The van der Waals surface area contributed by atoms with Crippen molar-refractivity contribution in [2.45, 2.75) is 58.2 Å². The van der Waals surface area contributed by atoms with E-state index in [4.69, 9.17) is 9.84 Å². The van der Waals surface area contributed by atoms with Crippen LogP contribution in [-0.4, -0.2) is 46.7 Å². The largest absolute Gasteiger partial charge is 0.480 e. The second kappa shape index (κ2) is 10.5. The number of aliphatic hydroxyl groups is 2. The molecular weight excluding hydrogens is 344 g/mol. The second-order valence-corrected chi connectivity index (χ2v) is 7.55. The van der Waals surface area contributed by atoms with E-state index in [2.05, 4.69) is 23.7 Å². The van der Waals surface area contributed by atoms with Gasteiger partial charge in [0, 0.05) is 24.7 Å². The molecule has 0 heterocycles. The van der Waals surface area contributed by atoms with Crippen LogP contribution >= 0.6 is 0 Å². The van der Waals surface area contributed by atoms with Gasteiger partial charge in [-0.05, 0) is 31.1 Å². The predicted molar refractivity (Wildman–Crippen MR) is 102 cm³/mol. The van der Waals surface area contributed by atoms with Gasteiger partial charge in [0.1, 0.15) is 12.7 Å². The fourth-order valence-corrected chi connectivity index (χ4v) is 3.95. The van der Waals surface area contributed by atoms with Gasteiger partial charge in [-0.25, -0.2) is 4.79 Å². The molecule has 2 aliphatic carbocycles. The Kier molecular flexibility index (Phi) is 8.38. The number of aliphatic carboxylic acids is 1. The van der Waals surface area contributed by atoms with Crippen LogP contribution in [0.1, 0.15) is 46.0 Å². The molecule has 0 bridgehead atoms. The molecule has 27 heavy (non-hydrogen) atoms. The van der Waals surface area contributed by atoms with Crippen molar-refractivity contribution in [3.05, 3.63) is 11.6 Å². The SMILES string of the molecule is CCC#CCC(C)C(O)C#CC1C(O)CC2C/C(=C/COCC(=O)O)CC21. The number of rotatable bonds is 6. The number of fused-ring (bicyclic) bond motifs is 1. The molecule has 0 radical (unpaired) electrons. The van der Waals surface area contributed by atoms with Gasteiger partial charge in [0.2, 0.25) is 0 Å². The summed E-state index contributed by atoms with van der Waals surface area (Å²) in [4.78, 5) is 10.5. The lowest BCUT2D eigenvalue weighted by Gasteiger charge is -2.16. The fraction of sp³-hybridized carbons (Fsp3) is 0.682. The third-order valence-corrected chi connectivity index (χ3v) is 5.43. The average molecular weight is 374 g/mol. The number of hydrogen-bond acceptors (Lipinski definition) is 4. The van der Waals surface area contributed by atoms with E-state index >= 15 is 0 Å². The topological polar surface area (TPSA) is 87.0 Å². The number of carboxylic acid groups (broad SMARTS) is 1. The lowest BCUT2D eigenvalue weighted by atomic mass is 9.91. The predicted octanol–water partition coefficient (Wildman–Crippen LogP) is 2.22. The molecule has 2 saturated carbocycles. The summed E-state index contributed by atoms with van der Waals surface area (Å²) >= 11 is 0. The van der Waals surface area contributed by atoms with Crippen LogP contribution in [0, 0.1) is 47.4 Å². The number of carboxylic acids is 1. The molecule has 2 aliphatic rings. The molecule has 6 atom stereocenters. The first-order chi connectivity index (χ1) is 12.9. The van der Waals surface area contributed by atoms with Crippen molar-refractivity contribution in [2.24, 2.45) is 23.7 Å². The van der Waals surface area contributed by atoms with Gasteiger partial charge in [-0.2, -0.15) is 0 Å². The van der Waals surface area contributed by atoms with Crippen molar-refractivity contribution >= 4 is 5.97 Å². The maximum atomic E-state index is 10.5. The van der Waals surface area contributed by atoms with E-state index in [0.29, 0.717) is 24.9 Å². The molecule has 0 aliphatic heterocycles. The molecule has 0 aromatic heterocycles. The van der Waals surface area contributed by atoms with Gasteiger partial charge in [-0.3, -0.25) is 0 Å². The fourth-order valence-electron chi connectivity index (χ4n) is 3.95. The van der Waals surface area contributed by atoms with Gasteiger partial charge in [0.05, 0.1) is 12.7 Å². The van der Waals surface area contributed by atoms with Crippen molar-refractivity contribution < 1.29 is 24.9 Å². The molecule has 148 valence electrons. The van der Waals surface area contributed by atoms with Gasteiger partial charge >= 0.3 is 5.97 Å². The molecule has 2 rings (SSSR count). The first-order valence-corrected chi connectivity index (χ1v) is 9.72. The van der Waals surface area contributed by atoms with Gasteiger partial charge < -0.3 is 20.1 Å². The van der Waals surface area contributed by atoms with E-state index in [1.54, 1.807) is 0 Å². The monoisotopic (exact) mass is 374 g/mol. The first-order valence-electron chi connectivity index (χ1n) is 9.72. The lowest BCUT2D eigenvalue weighted by Crippen LogP contribution is -2.19. The minimum absolute atomic E-state index is 0.0173. The van der Waals surface area contributed by atoms with Gasteiger partial charge in [0.25, 0.3) is 0 Å². The van der Waals surface area contributed by atoms with Gasteiger partial charge in [-0.1, -0.05) is 37.3 Å². The van der Waals surface area contributed by atoms with Crippen molar-refractivity contribution in [3.8, 4) is 23.7 Å². The second-order valence-electron chi connectivity index (χ2n) is 7.55. The van der Waals surface area contributed by atoms with Crippen LogP contribution in [0.5, 0.6) is 0 Å². The summed E-state index contributed by atoms with van der Waals surface area (Å²) in [6.07, 6.45) is 4.69. The Bertz CT molecular complexity index is 660. The number of hydrogen-bond donors (Lipinski definition) is 3. The van der Waals surface area contributed by atoms with Crippen LogP contribution < -0.4 is 0 Å². The summed E-state index contributed by atoms with van der Waals surface area (Å²) in [6.45, 7) is 3.94. The summed E-state index contributed by atoms with van der Waals surface area (Å²) in [7, 11) is 0. The van der Waals surface area contributed by atoms with Crippen molar-refractivity contribution in [3.63, 3.8) is 0 Å². The number of aliphatic hydroxyl groups excluding tert-OH is 2. The Balaban J connectivity index is 1.91. The minimum Gasteiger partial charge on any atom is -0.480 e. The van der Waals surface area contributed by atoms with E-state index in [-0.39, 0.29) is 18.4 Å². The highest BCUT2D eigenvalue weighted by molar-refractivity contribution is 5.68. The van der Waals surface area contributed by atoms with Crippen LogP contribution in [0.15, 0.2) is 11.6 Å². The van der Waals surface area contributed by atoms with Crippen molar-refractivity contribution in [1.82, 2.24) is 0 Å². The van der Waals surface area contributed by atoms with Crippen LogP contribution in [0.25, 0.3) is 0 Å². The van der Waals surface area contributed by atoms with E-state index in [1.165, 1.54) is 5.57 Å². The highest BCUT2D eigenvalue weighted by Gasteiger charge is 2.45. The third-order valence-electron chi connectivity index (χ3n) is 5.43. The third kappa shape index (κ3) is 6.40. The molecule has 0 saturated heterocycles. The summed E-state index contributed by atoms with van der Waals surface area (Å²) in [5.74, 6) is 11.7. The quantitative estimate of drug-likeness (QED) is 0.377. The molecule has 0 spiro atoms. The summed E-state index contributed by atoms with van der Waals surface area (Å²) < 4.78 is 5.08. The Morgan fingerprint density at radius 1 is 1.37 bits per heavy atom. The summed E-state index contributed by atoms with van der Waals surface area (Å²) in [5.41, 5.74) is 1.25. The van der Waals surface area contributed by atoms with Crippen molar-refractivity contribution in [2.75, 3.05) is 13.2 Å². The molecule has 0 amide bonds. The molecule has 5 heteroatoms.